The second-order valence-electron chi connectivity index (χ2n) is 4.85. The van der Waals surface area contributed by atoms with E-state index in [1.165, 1.54) is 25.0 Å². The lowest BCUT2D eigenvalue weighted by Gasteiger charge is -2.15. The van der Waals surface area contributed by atoms with Crippen LogP contribution < -0.4 is 5.32 Å². The third-order valence-electron chi connectivity index (χ3n) is 3.29. The minimum atomic E-state index is -1.02. The fraction of sp³-hybridized carbons (Fsp3) is 0.429. The largest absolute Gasteiger partial charge is 0.478 e. The number of rotatable bonds is 6. The van der Waals surface area contributed by atoms with Gasteiger partial charge >= 0.3 is 5.97 Å². The Bertz CT molecular complexity index is 483. The third kappa shape index (κ3) is 3.79. The minimum Gasteiger partial charge on any atom is -0.478 e. The molecule has 0 heterocycles. The van der Waals surface area contributed by atoms with Crippen molar-refractivity contribution in [3.8, 4) is 0 Å². The summed E-state index contributed by atoms with van der Waals surface area (Å²) in [7, 11) is 2.05. The molecule has 19 heavy (non-hydrogen) atoms. The zero-order valence-electron chi connectivity index (χ0n) is 10.9. The van der Waals surface area contributed by atoms with Crippen LogP contribution in [-0.4, -0.2) is 48.1 Å². The molecular formula is C14H18N2O3. The summed E-state index contributed by atoms with van der Waals surface area (Å²) in [6.45, 7) is 1.39. The summed E-state index contributed by atoms with van der Waals surface area (Å²) < 4.78 is 0. The Kier molecular flexibility index (Phi) is 4.16. The Labute approximate surface area is 112 Å². The number of nitrogens with one attached hydrogen (secondary N) is 1. The van der Waals surface area contributed by atoms with Crippen molar-refractivity contribution in [3.63, 3.8) is 0 Å². The Hall–Kier alpha value is -1.88. The monoisotopic (exact) mass is 262 g/mol. The molecule has 0 bridgehead atoms. The number of nitrogens with zero attached hydrogens (tertiary/aromatic N) is 1. The molecule has 1 aliphatic rings. The van der Waals surface area contributed by atoms with Gasteiger partial charge in [-0.2, -0.15) is 0 Å². The van der Waals surface area contributed by atoms with E-state index in [1.807, 2.05) is 0 Å². The first-order valence-electron chi connectivity index (χ1n) is 6.39. The van der Waals surface area contributed by atoms with E-state index in [0.717, 1.165) is 6.54 Å². The molecule has 0 saturated heterocycles. The first-order valence-corrected chi connectivity index (χ1v) is 6.39. The molecule has 5 heteroatoms. The van der Waals surface area contributed by atoms with Crippen LogP contribution in [0.15, 0.2) is 24.3 Å². The van der Waals surface area contributed by atoms with Crippen molar-refractivity contribution in [1.29, 1.82) is 0 Å². The van der Waals surface area contributed by atoms with Crippen molar-refractivity contribution in [2.45, 2.75) is 18.9 Å². The molecule has 2 rings (SSSR count). The van der Waals surface area contributed by atoms with Crippen LogP contribution in [-0.2, 0) is 0 Å². The fourth-order valence-corrected chi connectivity index (χ4v) is 1.94. The fourth-order valence-electron chi connectivity index (χ4n) is 1.94. The molecule has 1 aromatic rings. The van der Waals surface area contributed by atoms with Gasteiger partial charge in [0.25, 0.3) is 5.91 Å². The molecule has 0 spiro atoms. The molecular weight excluding hydrogens is 244 g/mol. The van der Waals surface area contributed by atoms with E-state index in [0.29, 0.717) is 18.2 Å². The Morgan fingerprint density at radius 3 is 2.68 bits per heavy atom. The van der Waals surface area contributed by atoms with Gasteiger partial charge in [0.2, 0.25) is 0 Å². The van der Waals surface area contributed by atoms with E-state index in [1.54, 1.807) is 12.1 Å². The Morgan fingerprint density at radius 2 is 2.05 bits per heavy atom. The zero-order valence-corrected chi connectivity index (χ0v) is 10.9. The number of amides is 1. The van der Waals surface area contributed by atoms with Crippen molar-refractivity contribution in [2.24, 2.45) is 0 Å². The van der Waals surface area contributed by atoms with Gasteiger partial charge in [0.15, 0.2) is 0 Å². The molecule has 5 nitrogen and oxygen atoms in total. The van der Waals surface area contributed by atoms with Crippen molar-refractivity contribution >= 4 is 11.9 Å². The van der Waals surface area contributed by atoms with E-state index in [2.05, 4.69) is 17.3 Å². The second kappa shape index (κ2) is 5.84. The van der Waals surface area contributed by atoms with Crippen molar-refractivity contribution < 1.29 is 14.7 Å². The van der Waals surface area contributed by atoms with Crippen molar-refractivity contribution in [3.05, 3.63) is 35.4 Å². The quantitative estimate of drug-likeness (QED) is 0.808. The summed E-state index contributed by atoms with van der Waals surface area (Å²) in [5, 5.41) is 11.7. The van der Waals surface area contributed by atoms with Crippen LogP contribution >= 0.6 is 0 Å². The zero-order chi connectivity index (χ0) is 13.8. The van der Waals surface area contributed by atoms with Gasteiger partial charge in [0.1, 0.15) is 0 Å². The highest BCUT2D eigenvalue weighted by Gasteiger charge is 2.25. The SMILES string of the molecule is CN(CCNC(=O)c1cccc(C(=O)O)c1)C1CC1. The number of aromatic carboxylic acids is 1. The molecule has 2 N–H and O–H groups in total. The smallest absolute Gasteiger partial charge is 0.335 e. The highest BCUT2D eigenvalue weighted by atomic mass is 16.4. The molecule has 1 fully saturated rings. The third-order valence-corrected chi connectivity index (χ3v) is 3.29. The summed E-state index contributed by atoms with van der Waals surface area (Å²) in [6, 6.07) is 6.73. The lowest BCUT2D eigenvalue weighted by Crippen LogP contribution is -2.34. The lowest BCUT2D eigenvalue weighted by atomic mass is 10.1. The van der Waals surface area contributed by atoms with Gasteiger partial charge in [0.05, 0.1) is 5.56 Å². The van der Waals surface area contributed by atoms with Crippen LogP contribution in [0.25, 0.3) is 0 Å². The van der Waals surface area contributed by atoms with E-state index >= 15 is 0 Å². The number of carboxylic acid groups (broad SMARTS) is 1. The van der Waals surface area contributed by atoms with Crippen LogP contribution in [0.2, 0.25) is 0 Å². The van der Waals surface area contributed by atoms with Gasteiger partial charge in [-0.25, -0.2) is 4.79 Å². The summed E-state index contributed by atoms with van der Waals surface area (Å²) in [5.41, 5.74) is 0.511. The van der Waals surface area contributed by atoms with Gasteiger partial charge in [-0.05, 0) is 38.1 Å². The molecule has 0 atom stereocenters. The van der Waals surface area contributed by atoms with Gasteiger partial charge in [-0.1, -0.05) is 6.07 Å². The van der Waals surface area contributed by atoms with E-state index in [9.17, 15) is 9.59 Å². The van der Waals surface area contributed by atoms with Gasteiger partial charge in [-0.15, -0.1) is 0 Å². The molecule has 1 saturated carbocycles. The second-order valence-corrected chi connectivity index (χ2v) is 4.85. The number of carbonyl (C=O) groups excluding carboxylic acids is 1. The average molecular weight is 262 g/mol. The first kappa shape index (κ1) is 13.5. The highest BCUT2D eigenvalue weighted by molar-refractivity contribution is 5.97. The van der Waals surface area contributed by atoms with Crippen LogP contribution in [0, 0.1) is 0 Å². The number of hydrogen-bond acceptors (Lipinski definition) is 3. The van der Waals surface area contributed by atoms with Gasteiger partial charge < -0.3 is 15.3 Å². The molecule has 0 aliphatic heterocycles. The van der Waals surface area contributed by atoms with Crippen LogP contribution in [0.3, 0.4) is 0 Å². The number of carbonyl (C=O) groups is 2. The van der Waals surface area contributed by atoms with E-state index in [-0.39, 0.29) is 11.5 Å². The van der Waals surface area contributed by atoms with E-state index < -0.39 is 5.97 Å². The van der Waals surface area contributed by atoms with E-state index in [4.69, 9.17) is 5.11 Å². The Balaban J connectivity index is 1.85. The summed E-state index contributed by atoms with van der Waals surface area (Å²) >= 11 is 0. The van der Waals surface area contributed by atoms with Crippen molar-refractivity contribution in [2.75, 3.05) is 20.1 Å². The number of hydrogen-bond donors (Lipinski definition) is 2. The molecule has 1 aliphatic carbocycles. The van der Waals surface area contributed by atoms with Gasteiger partial charge in [0, 0.05) is 24.7 Å². The van der Waals surface area contributed by atoms with Crippen LogP contribution in [0.1, 0.15) is 33.6 Å². The highest BCUT2D eigenvalue weighted by Crippen LogP contribution is 2.24. The standard InChI is InChI=1S/C14H18N2O3/c1-16(12-5-6-12)8-7-15-13(17)10-3-2-4-11(9-10)14(18)19/h2-4,9,12H,5-8H2,1H3,(H,15,17)(H,18,19). The summed E-state index contributed by atoms with van der Waals surface area (Å²) in [4.78, 5) is 24.9. The summed E-state index contributed by atoms with van der Waals surface area (Å²) in [5.74, 6) is -1.25. The maximum atomic E-state index is 11.9. The minimum absolute atomic E-state index is 0.128. The molecule has 0 radical (unpaired) electrons. The topological polar surface area (TPSA) is 69.6 Å². The number of likely N-dealkylation sites (N-methyl/N-ethyl adjacent to an activating group) is 1. The summed E-state index contributed by atoms with van der Waals surface area (Å²) in [6.07, 6.45) is 2.48. The predicted octanol–water partition coefficient (Wildman–Crippen LogP) is 1.21. The van der Waals surface area contributed by atoms with Gasteiger partial charge in [-0.3, -0.25) is 4.79 Å². The maximum absolute atomic E-state index is 11.9. The Morgan fingerprint density at radius 1 is 1.37 bits per heavy atom. The normalized spacial score (nSPS) is 14.4. The molecule has 1 amide bonds. The van der Waals surface area contributed by atoms with Crippen LogP contribution in [0.4, 0.5) is 0 Å². The number of benzene rings is 1. The lowest BCUT2D eigenvalue weighted by molar-refractivity contribution is 0.0697. The van der Waals surface area contributed by atoms with Crippen LogP contribution in [0.5, 0.6) is 0 Å². The van der Waals surface area contributed by atoms with Crippen molar-refractivity contribution in [1.82, 2.24) is 10.2 Å². The maximum Gasteiger partial charge on any atom is 0.335 e. The molecule has 0 aromatic heterocycles. The number of carboxylic acids is 1. The predicted molar refractivity (Wildman–Crippen MR) is 71.4 cm³/mol. The molecule has 1 aromatic carbocycles. The molecule has 102 valence electrons. The average Bonchev–Trinajstić information content (AvgIpc) is 3.23. The first-order chi connectivity index (χ1) is 9.08. The molecule has 0 unspecified atom stereocenters.